The third kappa shape index (κ3) is 3.43. The molecule has 1 atom stereocenters. The number of aliphatic hydroxyl groups is 1. The van der Waals surface area contributed by atoms with E-state index in [0.717, 1.165) is 22.4 Å². The maximum Gasteiger partial charge on any atom is 0.268 e. The summed E-state index contributed by atoms with van der Waals surface area (Å²) < 4.78 is 0. The highest BCUT2D eigenvalue weighted by atomic mass is 16.3. The van der Waals surface area contributed by atoms with E-state index in [1.54, 1.807) is 4.90 Å². The number of anilines is 1. The Labute approximate surface area is 187 Å². The van der Waals surface area contributed by atoms with Gasteiger partial charge in [-0.1, -0.05) is 109 Å². The van der Waals surface area contributed by atoms with E-state index in [9.17, 15) is 9.90 Å². The monoisotopic (exact) mass is 417 g/mol. The van der Waals surface area contributed by atoms with Gasteiger partial charge in [-0.25, -0.2) is 0 Å². The Morgan fingerprint density at radius 3 is 2.00 bits per heavy atom. The second kappa shape index (κ2) is 8.29. The molecule has 0 radical (unpaired) electrons. The Bertz CT molecular complexity index is 1270. The van der Waals surface area contributed by atoms with E-state index in [0.29, 0.717) is 17.7 Å². The minimum atomic E-state index is -1.79. The lowest BCUT2D eigenvalue weighted by molar-refractivity contribution is -0.130. The second-order valence-corrected chi connectivity index (χ2v) is 7.94. The zero-order chi connectivity index (χ0) is 22.0. The van der Waals surface area contributed by atoms with Crippen LogP contribution in [0.2, 0.25) is 0 Å². The average molecular weight is 418 g/mol. The molecule has 1 heterocycles. The smallest absolute Gasteiger partial charge is 0.268 e. The van der Waals surface area contributed by atoms with Gasteiger partial charge < -0.3 is 10.0 Å². The van der Waals surface area contributed by atoms with Crippen molar-refractivity contribution < 1.29 is 9.90 Å². The molecule has 4 aromatic rings. The van der Waals surface area contributed by atoms with Crippen molar-refractivity contribution in [2.75, 3.05) is 4.90 Å². The molecule has 0 aromatic heterocycles. The molecule has 1 aliphatic heterocycles. The van der Waals surface area contributed by atoms with E-state index < -0.39 is 5.60 Å². The molecule has 0 aliphatic carbocycles. The molecular weight excluding hydrogens is 394 g/mol. The standard InChI is InChI=1S/C29H23NO2/c31-28-29(32,26(24-16-8-3-9-17-24)20-22-12-4-1-5-13-22)25-18-10-11-19-27(25)30(28)21-23-14-6-2-7-15-23/h1-20,32H,21H2/b26-20+. The molecule has 1 amide bonds. The van der Waals surface area contributed by atoms with Crippen molar-refractivity contribution in [3.63, 3.8) is 0 Å². The van der Waals surface area contributed by atoms with E-state index in [-0.39, 0.29) is 5.91 Å². The van der Waals surface area contributed by atoms with E-state index >= 15 is 0 Å². The topological polar surface area (TPSA) is 40.5 Å². The van der Waals surface area contributed by atoms with Crippen LogP contribution in [0.1, 0.15) is 22.3 Å². The largest absolute Gasteiger partial charge is 0.372 e. The fraction of sp³-hybridized carbons (Fsp3) is 0.0690. The number of benzene rings is 4. The Hall–Kier alpha value is -3.95. The van der Waals surface area contributed by atoms with E-state index in [1.807, 2.05) is 121 Å². The van der Waals surface area contributed by atoms with Gasteiger partial charge in [0.25, 0.3) is 5.91 Å². The number of hydrogen-bond donors (Lipinski definition) is 1. The van der Waals surface area contributed by atoms with Gasteiger partial charge in [0.2, 0.25) is 0 Å². The molecule has 0 saturated heterocycles. The number of nitrogens with zero attached hydrogens (tertiary/aromatic N) is 1. The molecule has 0 fully saturated rings. The van der Waals surface area contributed by atoms with Crippen LogP contribution in [-0.4, -0.2) is 11.0 Å². The predicted octanol–water partition coefficient (Wildman–Crippen LogP) is 5.66. The fourth-order valence-corrected chi connectivity index (χ4v) is 4.35. The molecule has 0 spiro atoms. The summed E-state index contributed by atoms with van der Waals surface area (Å²) >= 11 is 0. The summed E-state index contributed by atoms with van der Waals surface area (Å²) in [7, 11) is 0. The van der Waals surface area contributed by atoms with Crippen molar-refractivity contribution in [3.05, 3.63) is 138 Å². The fourth-order valence-electron chi connectivity index (χ4n) is 4.35. The zero-order valence-corrected chi connectivity index (χ0v) is 17.6. The van der Waals surface area contributed by atoms with Crippen LogP contribution in [0.15, 0.2) is 115 Å². The number of carbonyl (C=O) groups excluding carboxylic acids is 1. The number of fused-ring (bicyclic) bond motifs is 1. The van der Waals surface area contributed by atoms with Crippen molar-refractivity contribution in [1.82, 2.24) is 0 Å². The summed E-state index contributed by atoms with van der Waals surface area (Å²) in [5.41, 5.74) is 2.86. The van der Waals surface area contributed by atoms with Crippen LogP contribution in [0.25, 0.3) is 11.6 Å². The molecule has 0 bridgehead atoms. The molecule has 1 aliphatic rings. The van der Waals surface area contributed by atoms with Crippen LogP contribution in [0.3, 0.4) is 0 Å². The molecule has 3 heteroatoms. The Kier molecular flexibility index (Phi) is 5.18. The third-order valence-corrected chi connectivity index (χ3v) is 5.91. The maximum atomic E-state index is 13.9. The van der Waals surface area contributed by atoms with Crippen LogP contribution >= 0.6 is 0 Å². The van der Waals surface area contributed by atoms with Gasteiger partial charge in [0, 0.05) is 11.1 Å². The van der Waals surface area contributed by atoms with Gasteiger partial charge in [-0.15, -0.1) is 0 Å². The first-order chi connectivity index (χ1) is 15.7. The van der Waals surface area contributed by atoms with Crippen LogP contribution in [0.5, 0.6) is 0 Å². The predicted molar refractivity (Wildman–Crippen MR) is 129 cm³/mol. The number of rotatable bonds is 5. The summed E-state index contributed by atoms with van der Waals surface area (Å²) in [5.74, 6) is -0.339. The summed E-state index contributed by atoms with van der Waals surface area (Å²) in [4.78, 5) is 15.6. The molecule has 32 heavy (non-hydrogen) atoms. The SMILES string of the molecule is O=C1N(Cc2ccccc2)c2ccccc2C1(O)/C(=C/c1ccccc1)c1ccccc1. The van der Waals surface area contributed by atoms with Crippen LogP contribution in [-0.2, 0) is 16.9 Å². The quantitative estimate of drug-likeness (QED) is 0.426. The van der Waals surface area contributed by atoms with Crippen LogP contribution in [0, 0.1) is 0 Å². The highest BCUT2D eigenvalue weighted by Crippen LogP contribution is 2.48. The second-order valence-electron chi connectivity index (χ2n) is 7.94. The van der Waals surface area contributed by atoms with Crippen LogP contribution in [0.4, 0.5) is 5.69 Å². The maximum absolute atomic E-state index is 13.9. The van der Waals surface area contributed by atoms with Crippen molar-refractivity contribution >= 4 is 23.2 Å². The minimum absolute atomic E-state index is 0.339. The van der Waals surface area contributed by atoms with Crippen molar-refractivity contribution in [2.45, 2.75) is 12.1 Å². The lowest BCUT2D eigenvalue weighted by Gasteiger charge is -2.27. The Morgan fingerprint density at radius 1 is 0.750 bits per heavy atom. The first-order valence-electron chi connectivity index (χ1n) is 10.7. The molecule has 156 valence electrons. The summed E-state index contributed by atoms with van der Waals surface area (Å²) in [5, 5.41) is 12.2. The molecular formula is C29H23NO2. The van der Waals surface area contributed by atoms with Gasteiger partial charge in [0.15, 0.2) is 5.60 Å². The number of para-hydroxylation sites is 1. The molecule has 5 rings (SSSR count). The molecule has 1 N–H and O–H groups in total. The number of carbonyl (C=O) groups is 1. The van der Waals surface area contributed by atoms with Crippen molar-refractivity contribution in [1.29, 1.82) is 0 Å². The lowest BCUT2D eigenvalue weighted by atomic mass is 9.82. The summed E-state index contributed by atoms with van der Waals surface area (Å²) in [6.07, 6.45) is 1.91. The lowest BCUT2D eigenvalue weighted by Crippen LogP contribution is -2.41. The van der Waals surface area contributed by atoms with Crippen molar-refractivity contribution in [2.24, 2.45) is 0 Å². The number of hydrogen-bond acceptors (Lipinski definition) is 2. The van der Waals surface area contributed by atoms with Gasteiger partial charge in [-0.05, 0) is 28.8 Å². The van der Waals surface area contributed by atoms with Gasteiger partial charge in [0.05, 0.1) is 12.2 Å². The van der Waals surface area contributed by atoms with Crippen molar-refractivity contribution in [3.8, 4) is 0 Å². The van der Waals surface area contributed by atoms with E-state index in [1.165, 1.54) is 0 Å². The minimum Gasteiger partial charge on any atom is -0.372 e. The Morgan fingerprint density at radius 2 is 1.31 bits per heavy atom. The normalized spacial score (nSPS) is 18.0. The van der Waals surface area contributed by atoms with E-state index in [4.69, 9.17) is 0 Å². The van der Waals surface area contributed by atoms with Gasteiger partial charge >= 0.3 is 0 Å². The molecule has 1 unspecified atom stereocenters. The summed E-state index contributed by atoms with van der Waals surface area (Å²) in [6, 6.07) is 36.8. The third-order valence-electron chi connectivity index (χ3n) is 5.91. The molecule has 3 nitrogen and oxygen atoms in total. The number of amides is 1. The van der Waals surface area contributed by atoms with Gasteiger partial charge in [-0.3, -0.25) is 4.79 Å². The van der Waals surface area contributed by atoms with Crippen LogP contribution < -0.4 is 4.90 Å². The average Bonchev–Trinajstić information content (AvgIpc) is 3.07. The van der Waals surface area contributed by atoms with Gasteiger partial charge in [-0.2, -0.15) is 0 Å². The molecule has 4 aromatic carbocycles. The zero-order valence-electron chi connectivity index (χ0n) is 17.6. The highest BCUT2D eigenvalue weighted by molar-refractivity contribution is 6.16. The van der Waals surface area contributed by atoms with E-state index in [2.05, 4.69) is 0 Å². The first-order valence-corrected chi connectivity index (χ1v) is 10.7. The highest BCUT2D eigenvalue weighted by Gasteiger charge is 2.52. The first kappa shape index (κ1) is 20.0. The molecule has 0 saturated carbocycles. The van der Waals surface area contributed by atoms with Gasteiger partial charge in [0.1, 0.15) is 0 Å². The Balaban J connectivity index is 1.69. The summed E-state index contributed by atoms with van der Waals surface area (Å²) in [6.45, 7) is 0.395.